The van der Waals surface area contributed by atoms with E-state index in [1.54, 1.807) is 0 Å². The van der Waals surface area contributed by atoms with Gasteiger partial charge in [-0.05, 0) is 0 Å². The van der Waals surface area contributed by atoms with E-state index in [9.17, 15) is 30.6 Å². The van der Waals surface area contributed by atoms with E-state index in [0.29, 0.717) is 0 Å². The molecule has 0 bridgehead atoms. The number of hydrogen-bond acceptors (Lipinski definition) is 6. The van der Waals surface area contributed by atoms with Crippen LogP contribution in [-0.2, 0) is 0 Å². The monoisotopic (exact) mass is 450 g/mol. The van der Waals surface area contributed by atoms with Crippen molar-refractivity contribution in [2.45, 2.75) is 0 Å². The molecule has 6 N–H and O–H groups in total. The molecule has 0 saturated heterocycles. The van der Waals surface area contributed by atoms with Gasteiger partial charge in [-0.3, -0.25) is 0 Å². The van der Waals surface area contributed by atoms with Crippen molar-refractivity contribution in [2.24, 2.45) is 0 Å². The molecule has 9 heteroatoms. The van der Waals surface area contributed by atoms with E-state index in [-0.39, 0.29) is 7.22 Å². The Labute approximate surface area is 130 Å². The zero-order chi connectivity index (χ0) is 15.9. The third-order valence-electron chi connectivity index (χ3n) is 2.74. The van der Waals surface area contributed by atoms with Gasteiger partial charge in [0, 0.05) is 0 Å². The summed E-state index contributed by atoms with van der Waals surface area (Å²) in [4.78, 5) is 0. The number of phenolic OH excluding ortho intramolecular Hbond substituents is 6. The zero-order valence-corrected chi connectivity index (χ0v) is 14.0. The van der Waals surface area contributed by atoms with E-state index in [2.05, 4.69) is 0 Å². The maximum atomic E-state index is 9.87. The van der Waals surface area contributed by atoms with Gasteiger partial charge in [-0.1, -0.05) is 0 Å². The van der Waals surface area contributed by atoms with E-state index in [1.807, 2.05) is 0 Å². The molecule has 6 nitrogen and oxygen atoms in total. The summed E-state index contributed by atoms with van der Waals surface area (Å²) in [6, 6.07) is 4.61. The molecular formula is C12H10Cl2O6Te. The number of hydrogen-bond donors (Lipinski definition) is 6. The van der Waals surface area contributed by atoms with Crippen LogP contribution in [0.3, 0.4) is 0 Å². The van der Waals surface area contributed by atoms with Crippen LogP contribution in [0.25, 0.3) is 0 Å². The Morgan fingerprint density at radius 2 is 0.905 bits per heavy atom. The zero-order valence-electron chi connectivity index (χ0n) is 10.2. The van der Waals surface area contributed by atoms with Crippen LogP contribution in [0.1, 0.15) is 0 Å². The Morgan fingerprint density at radius 1 is 0.571 bits per heavy atom. The molecule has 0 heterocycles. The summed E-state index contributed by atoms with van der Waals surface area (Å²) < 4.78 is -0.0894. The molecule has 0 aliphatic heterocycles. The fourth-order valence-electron chi connectivity index (χ4n) is 1.63. The van der Waals surface area contributed by atoms with Crippen LogP contribution in [-0.4, -0.2) is 46.6 Å². The van der Waals surface area contributed by atoms with Gasteiger partial charge in [-0.25, -0.2) is 0 Å². The van der Waals surface area contributed by atoms with Gasteiger partial charge in [-0.2, -0.15) is 0 Å². The first-order valence-corrected chi connectivity index (χ1v) is 13.6. The van der Waals surface area contributed by atoms with Crippen LogP contribution in [0.5, 0.6) is 34.5 Å². The average Bonchev–Trinajstić information content (AvgIpc) is 2.41. The Morgan fingerprint density at radius 3 is 1.24 bits per heavy atom. The summed E-state index contributed by atoms with van der Waals surface area (Å²) in [7, 11) is 12.6. The van der Waals surface area contributed by atoms with Crippen molar-refractivity contribution in [3.63, 3.8) is 0 Å². The molecule has 0 aliphatic rings. The number of aromatic hydroxyl groups is 6. The van der Waals surface area contributed by atoms with Crippen LogP contribution >= 0.6 is 17.9 Å². The van der Waals surface area contributed by atoms with Crippen LogP contribution in [0.2, 0.25) is 0 Å². The molecule has 2 aromatic rings. The van der Waals surface area contributed by atoms with Crippen molar-refractivity contribution < 1.29 is 30.6 Å². The normalized spacial score (nSPS) is 12.3. The molecule has 0 fully saturated rings. The van der Waals surface area contributed by atoms with Gasteiger partial charge in [0.05, 0.1) is 0 Å². The standard InChI is InChI=1S/C12H10Cl2O6Te/c13-21(14,7-3-1-5(15)9(17)11(7)19)8-4-2-6(16)10(18)12(8)20/h1-4,15-20H. The summed E-state index contributed by atoms with van der Waals surface area (Å²) in [6.07, 6.45) is 0. The predicted octanol–water partition coefficient (Wildman–Crippen LogP) is 0.954. The summed E-state index contributed by atoms with van der Waals surface area (Å²) in [6.45, 7) is 0. The Bertz CT molecular complexity index is 660. The van der Waals surface area contributed by atoms with E-state index >= 15 is 0 Å². The Hall–Kier alpha value is -1.39. The van der Waals surface area contributed by atoms with Crippen molar-refractivity contribution in [1.29, 1.82) is 0 Å². The average molecular weight is 449 g/mol. The quantitative estimate of drug-likeness (QED) is 0.301. The Balaban J connectivity index is 2.68. The van der Waals surface area contributed by atoms with Crippen molar-refractivity contribution >= 4 is 41.1 Å². The maximum absolute atomic E-state index is 9.87. The molecule has 2 aromatic carbocycles. The molecule has 2 rings (SSSR count). The fourth-order valence-corrected chi connectivity index (χ4v) is 8.95. The summed E-state index contributed by atoms with van der Waals surface area (Å²) in [5, 5.41) is 57.4. The number of rotatable bonds is 2. The fraction of sp³-hybridized carbons (Fsp3) is 0. The summed E-state index contributed by atoms with van der Waals surface area (Å²) in [5.74, 6) is -4.08. The SMILES string of the molecule is Oc1ccc([Te](Cl)(Cl)c2ccc(O)c(O)c2O)c(O)c1O. The third-order valence-corrected chi connectivity index (χ3v) is 12.2. The van der Waals surface area contributed by atoms with Gasteiger partial charge in [0.25, 0.3) is 0 Å². The van der Waals surface area contributed by atoms with E-state index in [0.717, 1.165) is 12.1 Å². The number of benzene rings is 2. The molecule has 0 atom stereocenters. The van der Waals surface area contributed by atoms with Crippen LogP contribution in [0.15, 0.2) is 24.3 Å². The van der Waals surface area contributed by atoms with Gasteiger partial charge in [0.15, 0.2) is 0 Å². The van der Waals surface area contributed by atoms with Gasteiger partial charge in [0.1, 0.15) is 0 Å². The first-order valence-electron chi connectivity index (χ1n) is 5.38. The molecule has 0 radical (unpaired) electrons. The molecule has 114 valence electrons. The van der Waals surface area contributed by atoms with Gasteiger partial charge in [0.2, 0.25) is 0 Å². The van der Waals surface area contributed by atoms with E-state index < -0.39 is 50.4 Å². The molecular weight excluding hydrogens is 439 g/mol. The second-order valence-electron chi connectivity index (χ2n) is 4.03. The van der Waals surface area contributed by atoms with Crippen LogP contribution in [0, 0.1) is 0 Å². The van der Waals surface area contributed by atoms with Gasteiger partial charge < -0.3 is 0 Å². The summed E-state index contributed by atoms with van der Waals surface area (Å²) >= 11 is -4.37. The van der Waals surface area contributed by atoms with Crippen molar-refractivity contribution in [2.75, 3.05) is 0 Å². The minimum absolute atomic E-state index is 0.0447. The molecule has 21 heavy (non-hydrogen) atoms. The first kappa shape index (κ1) is 16.0. The second-order valence-corrected chi connectivity index (χ2v) is 16.5. The van der Waals surface area contributed by atoms with E-state index in [1.165, 1.54) is 12.1 Å². The van der Waals surface area contributed by atoms with Gasteiger partial charge in [-0.15, -0.1) is 0 Å². The van der Waals surface area contributed by atoms with Gasteiger partial charge >= 0.3 is 130 Å². The Kier molecular flexibility index (Phi) is 4.13. The minimum atomic E-state index is -4.37. The third kappa shape index (κ3) is 2.58. The van der Waals surface area contributed by atoms with Crippen LogP contribution in [0.4, 0.5) is 0 Å². The molecule has 0 aliphatic carbocycles. The van der Waals surface area contributed by atoms with E-state index in [4.69, 9.17) is 17.9 Å². The first-order chi connectivity index (χ1) is 9.67. The van der Waals surface area contributed by atoms with Crippen molar-refractivity contribution in [1.82, 2.24) is 0 Å². The topological polar surface area (TPSA) is 121 Å². The molecule has 0 unspecified atom stereocenters. The molecule has 0 amide bonds. The van der Waals surface area contributed by atoms with Crippen molar-refractivity contribution in [3.05, 3.63) is 24.3 Å². The molecule has 0 saturated carbocycles. The van der Waals surface area contributed by atoms with Crippen LogP contribution < -0.4 is 7.22 Å². The molecule has 0 aromatic heterocycles. The number of phenols is 6. The summed E-state index contributed by atoms with van der Waals surface area (Å²) in [5.41, 5.74) is 0. The number of halogens is 2. The molecule has 0 spiro atoms. The second kappa shape index (κ2) is 5.43. The van der Waals surface area contributed by atoms with Crippen molar-refractivity contribution in [3.8, 4) is 34.5 Å². The predicted molar refractivity (Wildman–Crippen MR) is 79.6 cm³/mol.